The third-order valence-electron chi connectivity index (χ3n) is 3.10. The van der Waals surface area contributed by atoms with Gasteiger partial charge >= 0.3 is 0 Å². The van der Waals surface area contributed by atoms with Gasteiger partial charge in [-0.3, -0.25) is 0 Å². The zero-order chi connectivity index (χ0) is 12.3. The van der Waals surface area contributed by atoms with Crippen molar-refractivity contribution in [1.29, 1.82) is 0 Å². The molecule has 1 aromatic carbocycles. The second-order valence-electron chi connectivity index (χ2n) is 4.70. The number of nitrogens with zero attached hydrogens (tertiary/aromatic N) is 1. The lowest BCUT2D eigenvalue weighted by atomic mass is 10.1. The number of benzene rings is 1. The first-order chi connectivity index (χ1) is 8.22. The molecule has 0 radical (unpaired) electrons. The number of hydrogen-bond donors (Lipinski definition) is 2. The number of rotatable bonds is 5. The highest BCUT2D eigenvalue weighted by molar-refractivity contribution is 5.83. The Bertz CT molecular complexity index is 490. The summed E-state index contributed by atoms with van der Waals surface area (Å²) < 4.78 is 2.15. The maximum Gasteiger partial charge on any atom is 0.0481 e. The van der Waals surface area contributed by atoms with Crippen molar-refractivity contribution < 1.29 is 5.11 Å². The van der Waals surface area contributed by atoms with E-state index < -0.39 is 0 Å². The number of aryl methyl sites for hydroxylation is 1. The highest BCUT2D eigenvalue weighted by atomic mass is 16.3. The first kappa shape index (κ1) is 12.1. The van der Waals surface area contributed by atoms with Crippen LogP contribution in [-0.4, -0.2) is 22.8 Å². The van der Waals surface area contributed by atoms with E-state index in [-0.39, 0.29) is 6.61 Å². The van der Waals surface area contributed by atoms with E-state index in [1.807, 2.05) is 6.92 Å². The van der Waals surface area contributed by atoms with Gasteiger partial charge in [0, 0.05) is 43.8 Å². The average molecular weight is 232 g/mol. The molecule has 1 unspecified atom stereocenters. The molecular formula is C14H20N2O. The van der Waals surface area contributed by atoms with Crippen LogP contribution in [0.25, 0.3) is 10.9 Å². The van der Waals surface area contributed by atoms with Gasteiger partial charge in [-0.1, -0.05) is 25.1 Å². The Labute approximate surface area is 102 Å². The molecule has 0 aliphatic heterocycles. The van der Waals surface area contributed by atoms with Crippen molar-refractivity contribution >= 4 is 10.9 Å². The van der Waals surface area contributed by atoms with Gasteiger partial charge in [0.25, 0.3) is 0 Å². The number of aliphatic hydroxyl groups is 1. The molecule has 2 aromatic rings. The van der Waals surface area contributed by atoms with Crippen LogP contribution in [0.5, 0.6) is 0 Å². The maximum absolute atomic E-state index is 8.96. The van der Waals surface area contributed by atoms with Crippen molar-refractivity contribution in [1.82, 2.24) is 9.88 Å². The quantitative estimate of drug-likeness (QED) is 0.826. The van der Waals surface area contributed by atoms with Gasteiger partial charge in [0.1, 0.15) is 0 Å². The molecule has 0 aliphatic rings. The smallest absolute Gasteiger partial charge is 0.0481 e. The number of fused-ring (bicyclic) bond motifs is 1. The number of aliphatic hydroxyl groups excluding tert-OH is 1. The zero-order valence-electron chi connectivity index (χ0n) is 10.5. The van der Waals surface area contributed by atoms with Gasteiger partial charge in [-0.05, 0) is 17.5 Å². The Morgan fingerprint density at radius 1 is 1.35 bits per heavy atom. The SMILES string of the molecule is CC(CO)CNCc1cn(C)c2ccccc12. The Balaban J connectivity index is 2.09. The molecule has 1 heterocycles. The number of aromatic nitrogens is 1. The van der Waals surface area contributed by atoms with Crippen molar-refractivity contribution in [3.63, 3.8) is 0 Å². The normalized spacial score (nSPS) is 13.1. The minimum absolute atomic E-state index is 0.239. The van der Waals surface area contributed by atoms with E-state index in [4.69, 9.17) is 5.11 Å². The molecule has 1 atom stereocenters. The summed E-state index contributed by atoms with van der Waals surface area (Å²) in [5.41, 5.74) is 2.58. The van der Waals surface area contributed by atoms with Gasteiger partial charge in [0.2, 0.25) is 0 Å². The number of para-hydroxylation sites is 1. The summed E-state index contributed by atoms with van der Waals surface area (Å²) in [4.78, 5) is 0. The summed E-state index contributed by atoms with van der Waals surface area (Å²) in [5.74, 6) is 0.310. The molecule has 3 heteroatoms. The van der Waals surface area contributed by atoms with E-state index in [1.165, 1.54) is 16.5 Å². The van der Waals surface area contributed by atoms with Crippen molar-refractivity contribution in [2.24, 2.45) is 13.0 Å². The molecule has 0 spiro atoms. The van der Waals surface area contributed by atoms with Gasteiger partial charge in [-0.15, -0.1) is 0 Å². The summed E-state index contributed by atoms with van der Waals surface area (Å²) in [6.07, 6.45) is 2.17. The summed E-state index contributed by atoms with van der Waals surface area (Å²) in [6.45, 7) is 3.98. The van der Waals surface area contributed by atoms with Crippen molar-refractivity contribution in [2.45, 2.75) is 13.5 Å². The van der Waals surface area contributed by atoms with Crippen LogP contribution in [0.4, 0.5) is 0 Å². The first-order valence-electron chi connectivity index (χ1n) is 6.07. The van der Waals surface area contributed by atoms with Crippen molar-refractivity contribution in [3.8, 4) is 0 Å². The minimum Gasteiger partial charge on any atom is -0.396 e. The number of nitrogens with one attached hydrogen (secondary N) is 1. The molecule has 92 valence electrons. The summed E-state index contributed by atoms with van der Waals surface area (Å²) >= 11 is 0. The Kier molecular flexibility index (Phi) is 3.82. The van der Waals surface area contributed by atoms with Crippen LogP contribution in [0, 0.1) is 5.92 Å². The third kappa shape index (κ3) is 2.68. The molecule has 0 amide bonds. The van der Waals surface area contributed by atoms with Gasteiger partial charge in [0.05, 0.1) is 0 Å². The fourth-order valence-electron chi connectivity index (χ4n) is 2.08. The fourth-order valence-corrected chi connectivity index (χ4v) is 2.08. The standard InChI is InChI=1S/C14H20N2O/c1-11(10-17)7-15-8-12-9-16(2)14-6-4-3-5-13(12)14/h3-6,9,11,15,17H,7-8,10H2,1-2H3. The highest BCUT2D eigenvalue weighted by Gasteiger charge is 2.05. The Morgan fingerprint density at radius 2 is 2.12 bits per heavy atom. The van der Waals surface area contributed by atoms with Gasteiger partial charge in [0.15, 0.2) is 0 Å². The van der Waals surface area contributed by atoms with E-state index in [9.17, 15) is 0 Å². The molecule has 2 rings (SSSR count). The van der Waals surface area contributed by atoms with Crippen molar-refractivity contribution in [2.75, 3.05) is 13.2 Å². The molecule has 17 heavy (non-hydrogen) atoms. The highest BCUT2D eigenvalue weighted by Crippen LogP contribution is 2.19. The third-order valence-corrected chi connectivity index (χ3v) is 3.10. The summed E-state index contributed by atoms with van der Waals surface area (Å²) in [7, 11) is 2.07. The maximum atomic E-state index is 8.96. The predicted octanol–water partition coefficient (Wildman–Crippen LogP) is 1.90. The lowest BCUT2D eigenvalue weighted by Gasteiger charge is -2.08. The van der Waals surface area contributed by atoms with E-state index >= 15 is 0 Å². The molecular weight excluding hydrogens is 212 g/mol. The van der Waals surface area contributed by atoms with Gasteiger partial charge in [-0.2, -0.15) is 0 Å². The van der Waals surface area contributed by atoms with Crippen LogP contribution in [0.2, 0.25) is 0 Å². The van der Waals surface area contributed by atoms with E-state index in [2.05, 4.69) is 47.4 Å². The lowest BCUT2D eigenvalue weighted by Crippen LogP contribution is -2.22. The summed E-state index contributed by atoms with van der Waals surface area (Å²) in [6, 6.07) is 8.42. The number of hydrogen-bond acceptors (Lipinski definition) is 2. The Morgan fingerprint density at radius 3 is 2.88 bits per heavy atom. The monoisotopic (exact) mass is 232 g/mol. The molecule has 0 bridgehead atoms. The topological polar surface area (TPSA) is 37.2 Å². The van der Waals surface area contributed by atoms with Crippen LogP contribution in [0.15, 0.2) is 30.5 Å². The predicted molar refractivity (Wildman–Crippen MR) is 70.9 cm³/mol. The van der Waals surface area contributed by atoms with Crippen LogP contribution in [0.3, 0.4) is 0 Å². The second kappa shape index (κ2) is 5.34. The molecule has 0 fully saturated rings. The molecule has 0 saturated carbocycles. The molecule has 0 saturated heterocycles. The molecule has 1 aromatic heterocycles. The second-order valence-corrected chi connectivity index (χ2v) is 4.70. The van der Waals surface area contributed by atoms with Crippen molar-refractivity contribution in [3.05, 3.63) is 36.0 Å². The zero-order valence-corrected chi connectivity index (χ0v) is 10.5. The van der Waals surface area contributed by atoms with E-state index in [0.717, 1.165) is 13.1 Å². The van der Waals surface area contributed by atoms with Crippen LogP contribution < -0.4 is 5.32 Å². The average Bonchev–Trinajstić information content (AvgIpc) is 2.67. The molecule has 0 aliphatic carbocycles. The first-order valence-corrected chi connectivity index (χ1v) is 6.07. The largest absolute Gasteiger partial charge is 0.396 e. The van der Waals surface area contributed by atoms with Gasteiger partial charge < -0.3 is 15.0 Å². The molecule has 3 nitrogen and oxygen atoms in total. The van der Waals surface area contributed by atoms with Crippen LogP contribution >= 0.6 is 0 Å². The lowest BCUT2D eigenvalue weighted by molar-refractivity contribution is 0.233. The van der Waals surface area contributed by atoms with E-state index in [0.29, 0.717) is 5.92 Å². The van der Waals surface area contributed by atoms with E-state index in [1.54, 1.807) is 0 Å². The van der Waals surface area contributed by atoms with Crippen LogP contribution in [0.1, 0.15) is 12.5 Å². The van der Waals surface area contributed by atoms with Gasteiger partial charge in [-0.25, -0.2) is 0 Å². The van der Waals surface area contributed by atoms with Crippen LogP contribution in [-0.2, 0) is 13.6 Å². The summed E-state index contributed by atoms with van der Waals surface area (Å²) in [5, 5.41) is 13.7. The molecule has 2 N–H and O–H groups in total. The Hall–Kier alpha value is -1.32. The fraction of sp³-hybridized carbons (Fsp3) is 0.429. The minimum atomic E-state index is 0.239.